The molecule has 5 nitrogen and oxygen atoms in total. The number of hydrogen-bond donors (Lipinski definition) is 2. The maximum atomic E-state index is 11.3. The lowest BCUT2D eigenvalue weighted by Crippen LogP contribution is -2.22. The molecule has 0 saturated carbocycles. The Morgan fingerprint density at radius 1 is 1.43 bits per heavy atom. The van der Waals surface area contributed by atoms with Crippen molar-refractivity contribution in [1.82, 2.24) is 9.97 Å². The van der Waals surface area contributed by atoms with Crippen molar-refractivity contribution < 1.29 is 9.59 Å². The highest BCUT2D eigenvalue weighted by molar-refractivity contribution is 6.44. The highest BCUT2D eigenvalue weighted by Gasteiger charge is 2.16. The molecule has 1 amide bonds. The van der Waals surface area contributed by atoms with Gasteiger partial charge in [0.25, 0.3) is 11.7 Å². The zero-order valence-electron chi connectivity index (χ0n) is 7.15. The standard InChI is InChI=1S/C9H7N3O2/c10-9(14)8(13)6-3-12-7-4-11-2-1-5(6)7/h1-4,12H,(H2,10,14). The van der Waals surface area contributed by atoms with Crippen molar-refractivity contribution in [2.24, 2.45) is 5.73 Å². The van der Waals surface area contributed by atoms with E-state index in [0.29, 0.717) is 10.9 Å². The third-order valence-electron chi connectivity index (χ3n) is 1.95. The number of amides is 1. The minimum atomic E-state index is -0.956. The van der Waals surface area contributed by atoms with Gasteiger partial charge in [-0.15, -0.1) is 0 Å². The van der Waals surface area contributed by atoms with E-state index in [1.807, 2.05) is 0 Å². The van der Waals surface area contributed by atoms with Crippen molar-refractivity contribution in [2.75, 3.05) is 0 Å². The first-order chi connectivity index (χ1) is 6.70. The van der Waals surface area contributed by atoms with Gasteiger partial charge in [-0.25, -0.2) is 0 Å². The Morgan fingerprint density at radius 2 is 2.21 bits per heavy atom. The third kappa shape index (κ3) is 1.15. The highest BCUT2D eigenvalue weighted by Crippen LogP contribution is 2.16. The van der Waals surface area contributed by atoms with E-state index in [1.165, 1.54) is 6.20 Å². The van der Waals surface area contributed by atoms with E-state index in [0.717, 1.165) is 0 Å². The fourth-order valence-corrected chi connectivity index (χ4v) is 1.29. The summed E-state index contributed by atoms with van der Waals surface area (Å²) in [6, 6.07) is 1.65. The summed E-state index contributed by atoms with van der Waals surface area (Å²) >= 11 is 0. The van der Waals surface area contributed by atoms with Gasteiger partial charge in [-0.1, -0.05) is 0 Å². The van der Waals surface area contributed by atoms with Crippen molar-refractivity contribution in [3.63, 3.8) is 0 Å². The number of fused-ring (bicyclic) bond motifs is 1. The van der Waals surface area contributed by atoms with Crippen LogP contribution in [0.4, 0.5) is 0 Å². The lowest BCUT2D eigenvalue weighted by atomic mass is 10.1. The van der Waals surface area contributed by atoms with E-state index >= 15 is 0 Å². The van der Waals surface area contributed by atoms with Crippen LogP contribution in [0.5, 0.6) is 0 Å². The normalized spacial score (nSPS) is 10.3. The molecule has 2 heterocycles. The number of rotatable bonds is 2. The molecular weight excluding hydrogens is 182 g/mol. The molecule has 0 saturated heterocycles. The number of pyridine rings is 1. The predicted octanol–water partition coefficient (Wildman–Crippen LogP) is 0.231. The van der Waals surface area contributed by atoms with Gasteiger partial charge in [0.1, 0.15) is 0 Å². The van der Waals surface area contributed by atoms with Gasteiger partial charge < -0.3 is 10.7 Å². The van der Waals surface area contributed by atoms with Gasteiger partial charge in [0, 0.05) is 17.8 Å². The van der Waals surface area contributed by atoms with E-state index in [1.54, 1.807) is 18.5 Å². The number of aromatic nitrogens is 2. The number of hydrogen-bond acceptors (Lipinski definition) is 3. The summed E-state index contributed by atoms with van der Waals surface area (Å²) in [4.78, 5) is 28.7. The first-order valence-corrected chi connectivity index (χ1v) is 3.95. The van der Waals surface area contributed by atoms with E-state index in [2.05, 4.69) is 9.97 Å². The first-order valence-electron chi connectivity index (χ1n) is 3.95. The Balaban J connectivity index is 2.64. The van der Waals surface area contributed by atoms with Crippen LogP contribution < -0.4 is 5.73 Å². The van der Waals surface area contributed by atoms with Crippen LogP contribution in [0, 0.1) is 0 Å². The molecule has 5 heteroatoms. The van der Waals surface area contributed by atoms with Crippen LogP contribution in [0.1, 0.15) is 10.4 Å². The summed E-state index contributed by atoms with van der Waals surface area (Å²) in [7, 11) is 0. The second-order valence-electron chi connectivity index (χ2n) is 2.82. The molecule has 0 atom stereocenters. The van der Waals surface area contributed by atoms with Crippen LogP contribution >= 0.6 is 0 Å². The molecule has 2 rings (SSSR count). The molecule has 0 aromatic carbocycles. The molecular formula is C9H7N3O2. The number of ketones is 1. The average molecular weight is 189 g/mol. The molecule has 0 spiro atoms. The van der Waals surface area contributed by atoms with E-state index in [9.17, 15) is 9.59 Å². The zero-order chi connectivity index (χ0) is 10.1. The molecule has 0 aliphatic carbocycles. The predicted molar refractivity (Wildman–Crippen MR) is 49.6 cm³/mol. The van der Waals surface area contributed by atoms with Crippen LogP contribution in [0.15, 0.2) is 24.7 Å². The lowest BCUT2D eigenvalue weighted by Gasteiger charge is -1.92. The fraction of sp³-hybridized carbons (Fsp3) is 0. The fourth-order valence-electron chi connectivity index (χ4n) is 1.29. The van der Waals surface area contributed by atoms with Crippen LogP contribution in [0.25, 0.3) is 10.9 Å². The van der Waals surface area contributed by atoms with E-state index in [4.69, 9.17) is 5.73 Å². The number of H-pyrrole nitrogens is 1. The minimum absolute atomic E-state index is 0.287. The number of carbonyl (C=O) groups is 2. The molecule has 14 heavy (non-hydrogen) atoms. The molecule has 0 aliphatic heterocycles. The minimum Gasteiger partial charge on any atom is -0.363 e. The van der Waals surface area contributed by atoms with E-state index in [-0.39, 0.29) is 5.56 Å². The first kappa shape index (κ1) is 8.43. The Labute approximate surface area is 78.9 Å². The summed E-state index contributed by atoms with van der Waals surface area (Å²) in [6.45, 7) is 0. The second kappa shape index (κ2) is 2.95. The van der Waals surface area contributed by atoms with Crippen LogP contribution in [0.2, 0.25) is 0 Å². The number of aromatic amines is 1. The molecule has 0 bridgehead atoms. The maximum absolute atomic E-state index is 11.3. The average Bonchev–Trinajstić information content (AvgIpc) is 2.60. The monoisotopic (exact) mass is 189 g/mol. The number of carbonyl (C=O) groups excluding carboxylic acids is 2. The van der Waals surface area contributed by atoms with Gasteiger partial charge in [-0.2, -0.15) is 0 Å². The number of primary amides is 1. The largest absolute Gasteiger partial charge is 0.363 e. The van der Waals surface area contributed by atoms with Crippen molar-refractivity contribution >= 4 is 22.6 Å². The quantitative estimate of drug-likeness (QED) is 0.523. The number of nitrogens with zero attached hydrogens (tertiary/aromatic N) is 1. The van der Waals surface area contributed by atoms with Crippen LogP contribution in [0.3, 0.4) is 0 Å². The summed E-state index contributed by atoms with van der Waals surface area (Å²) in [6.07, 6.45) is 4.58. The second-order valence-corrected chi connectivity index (χ2v) is 2.82. The van der Waals surface area contributed by atoms with Gasteiger partial charge in [0.2, 0.25) is 0 Å². The summed E-state index contributed by atoms with van der Waals surface area (Å²) in [5.41, 5.74) is 5.89. The molecule has 0 aliphatic rings. The smallest absolute Gasteiger partial charge is 0.289 e. The molecule has 2 aromatic heterocycles. The van der Waals surface area contributed by atoms with Crippen molar-refractivity contribution in [3.05, 3.63) is 30.2 Å². The molecule has 0 radical (unpaired) electrons. The topological polar surface area (TPSA) is 88.8 Å². The van der Waals surface area contributed by atoms with E-state index < -0.39 is 11.7 Å². The lowest BCUT2D eigenvalue weighted by molar-refractivity contribution is -0.114. The van der Waals surface area contributed by atoms with Crippen molar-refractivity contribution in [3.8, 4) is 0 Å². The molecule has 3 N–H and O–H groups in total. The third-order valence-corrected chi connectivity index (χ3v) is 1.95. The number of nitrogens with two attached hydrogens (primary N) is 1. The van der Waals surface area contributed by atoms with Gasteiger partial charge in [0.15, 0.2) is 0 Å². The Bertz CT molecular complexity index is 516. The Kier molecular flexibility index (Phi) is 1.78. The van der Waals surface area contributed by atoms with Gasteiger partial charge in [0.05, 0.1) is 17.3 Å². The van der Waals surface area contributed by atoms with Crippen LogP contribution in [-0.4, -0.2) is 21.7 Å². The molecule has 2 aromatic rings. The summed E-state index contributed by atoms with van der Waals surface area (Å²) < 4.78 is 0. The highest BCUT2D eigenvalue weighted by atomic mass is 16.2. The SMILES string of the molecule is NC(=O)C(=O)c1c[nH]c2cnccc12. The summed E-state index contributed by atoms with van der Waals surface area (Å²) in [5, 5.41) is 0.656. The zero-order valence-corrected chi connectivity index (χ0v) is 7.15. The van der Waals surface area contributed by atoms with Gasteiger partial charge in [-0.05, 0) is 6.07 Å². The van der Waals surface area contributed by atoms with Crippen molar-refractivity contribution in [1.29, 1.82) is 0 Å². The van der Waals surface area contributed by atoms with Gasteiger partial charge >= 0.3 is 0 Å². The Hall–Kier alpha value is -2.17. The van der Waals surface area contributed by atoms with Crippen molar-refractivity contribution in [2.45, 2.75) is 0 Å². The molecule has 0 unspecified atom stereocenters. The number of Topliss-reactive ketones (excluding diaryl/α,β-unsaturated/α-hetero) is 1. The van der Waals surface area contributed by atoms with Crippen LogP contribution in [-0.2, 0) is 4.79 Å². The van der Waals surface area contributed by atoms with Gasteiger partial charge in [-0.3, -0.25) is 14.6 Å². The summed E-state index contributed by atoms with van der Waals surface area (Å²) in [5.74, 6) is -1.65. The molecule has 70 valence electrons. The Morgan fingerprint density at radius 3 is 2.93 bits per heavy atom. The molecule has 0 fully saturated rings. The number of nitrogens with one attached hydrogen (secondary N) is 1. The maximum Gasteiger partial charge on any atom is 0.289 e.